The molecule has 0 spiro atoms. The molecule has 1 aliphatic carbocycles. The number of fused-ring (bicyclic) bond motifs is 2. The summed E-state index contributed by atoms with van der Waals surface area (Å²) in [6.45, 7) is 5.47. The number of rotatable bonds is 3. The number of aryl methyl sites for hydroxylation is 2. The van der Waals surface area contributed by atoms with Gasteiger partial charge in [0.1, 0.15) is 0 Å². The lowest BCUT2D eigenvalue weighted by Gasteiger charge is -2.34. The van der Waals surface area contributed by atoms with Gasteiger partial charge in [-0.2, -0.15) is 9.61 Å². The Hall–Kier alpha value is -1.53. The third-order valence-corrected chi connectivity index (χ3v) is 6.25. The van der Waals surface area contributed by atoms with Gasteiger partial charge >= 0.3 is 0 Å². The Bertz CT molecular complexity index is 744. The van der Waals surface area contributed by atoms with E-state index in [2.05, 4.69) is 21.2 Å². The maximum absolute atomic E-state index is 5.48. The number of likely N-dealkylation sites (tertiary alicyclic amines) is 1. The predicted molar refractivity (Wildman–Crippen MR) is 94.8 cm³/mol. The summed E-state index contributed by atoms with van der Waals surface area (Å²) in [5, 5.41) is 13.8. The van der Waals surface area contributed by atoms with Crippen molar-refractivity contribution in [2.45, 2.75) is 50.9 Å². The molecule has 0 saturated carbocycles. The van der Waals surface area contributed by atoms with E-state index >= 15 is 0 Å². The third kappa shape index (κ3) is 3.06. The van der Waals surface area contributed by atoms with Gasteiger partial charge in [0.05, 0.1) is 5.69 Å². The molecule has 2 fully saturated rings. The molecule has 5 rings (SSSR count). The topological polar surface area (TPSA) is 55.5 Å². The molecule has 25 heavy (non-hydrogen) atoms. The van der Waals surface area contributed by atoms with Gasteiger partial charge in [0.15, 0.2) is 11.5 Å². The second-order valence-electron chi connectivity index (χ2n) is 7.93. The first kappa shape index (κ1) is 15.7. The molecular weight excluding hydrogens is 314 g/mol. The highest BCUT2D eigenvalue weighted by Crippen LogP contribution is 2.29. The van der Waals surface area contributed by atoms with Gasteiger partial charge in [-0.1, -0.05) is 0 Å². The highest BCUT2D eigenvalue weighted by molar-refractivity contribution is 5.43. The number of ether oxygens (including phenoxy) is 1. The van der Waals surface area contributed by atoms with E-state index in [0.717, 1.165) is 43.4 Å². The summed E-state index contributed by atoms with van der Waals surface area (Å²) in [5.74, 6) is 2.40. The molecule has 0 atom stereocenters. The van der Waals surface area contributed by atoms with Crippen LogP contribution >= 0.6 is 0 Å². The summed E-state index contributed by atoms with van der Waals surface area (Å²) in [4.78, 5) is 2.64. The van der Waals surface area contributed by atoms with E-state index in [1.165, 1.54) is 63.0 Å². The molecule has 2 aliphatic heterocycles. The maximum Gasteiger partial charge on any atom is 0.178 e. The molecule has 0 radical (unpaired) electrons. The molecule has 134 valence electrons. The van der Waals surface area contributed by atoms with Crippen molar-refractivity contribution in [3.63, 3.8) is 0 Å². The quantitative estimate of drug-likeness (QED) is 0.857. The van der Waals surface area contributed by atoms with E-state index in [-0.39, 0.29) is 0 Å². The molecule has 2 aromatic rings. The number of hydrogen-bond donors (Lipinski definition) is 0. The van der Waals surface area contributed by atoms with Crippen LogP contribution in [-0.2, 0) is 17.6 Å². The monoisotopic (exact) mass is 341 g/mol. The van der Waals surface area contributed by atoms with Gasteiger partial charge in [0, 0.05) is 25.7 Å². The van der Waals surface area contributed by atoms with Crippen LogP contribution in [0.3, 0.4) is 0 Å². The van der Waals surface area contributed by atoms with Gasteiger partial charge < -0.3 is 9.64 Å². The van der Waals surface area contributed by atoms with Gasteiger partial charge in [-0.25, -0.2) is 0 Å². The highest BCUT2D eigenvalue weighted by Gasteiger charge is 2.27. The van der Waals surface area contributed by atoms with Crippen LogP contribution in [0.2, 0.25) is 0 Å². The summed E-state index contributed by atoms with van der Waals surface area (Å²) in [5.41, 5.74) is 3.56. The minimum atomic E-state index is 0.493. The minimum absolute atomic E-state index is 0.493. The summed E-state index contributed by atoms with van der Waals surface area (Å²) in [6, 6.07) is 2.20. The van der Waals surface area contributed by atoms with Crippen molar-refractivity contribution in [2.75, 3.05) is 32.8 Å². The van der Waals surface area contributed by atoms with Crippen LogP contribution in [0.15, 0.2) is 6.07 Å². The molecule has 3 aliphatic rings. The Balaban J connectivity index is 1.27. The normalized spacial score (nSPS) is 23.4. The lowest BCUT2D eigenvalue weighted by Crippen LogP contribution is -2.38. The van der Waals surface area contributed by atoms with Crippen molar-refractivity contribution in [3.05, 3.63) is 23.1 Å². The number of piperidine rings is 1. The van der Waals surface area contributed by atoms with E-state index in [1.54, 1.807) is 0 Å². The van der Waals surface area contributed by atoms with Crippen molar-refractivity contribution in [1.29, 1.82) is 0 Å². The first-order valence-corrected chi connectivity index (χ1v) is 9.91. The molecule has 0 N–H and O–H groups in total. The van der Waals surface area contributed by atoms with E-state index in [0.29, 0.717) is 5.92 Å². The zero-order valence-corrected chi connectivity index (χ0v) is 14.9. The molecular formula is C19H27N5O. The first-order chi connectivity index (χ1) is 12.4. The zero-order valence-electron chi connectivity index (χ0n) is 14.9. The average Bonchev–Trinajstić information content (AvgIpc) is 3.27. The van der Waals surface area contributed by atoms with Gasteiger partial charge in [-0.15, -0.1) is 10.2 Å². The van der Waals surface area contributed by atoms with E-state index < -0.39 is 0 Å². The largest absolute Gasteiger partial charge is 0.381 e. The lowest BCUT2D eigenvalue weighted by molar-refractivity contribution is 0.0486. The summed E-state index contributed by atoms with van der Waals surface area (Å²) >= 11 is 0. The van der Waals surface area contributed by atoms with Crippen LogP contribution < -0.4 is 0 Å². The molecule has 0 unspecified atom stereocenters. The molecule has 0 amide bonds. The minimum Gasteiger partial charge on any atom is -0.381 e. The molecule has 0 bridgehead atoms. The number of hydrogen-bond acceptors (Lipinski definition) is 5. The summed E-state index contributed by atoms with van der Waals surface area (Å²) in [6.07, 6.45) is 8.26. The van der Waals surface area contributed by atoms with E-state index in [1.807, 2.05) is 4.52 Å². The van der Waals surface area contributed by atoms with Gasteiger partial charge in [-0.05, 0) is 75.6 Å². The lowest BCUT2D eigenvalue weighted by atomic mass is 9.93. The van der Waals surface area contributed by atoms with Crippen LogP contribution in [0, 0.1) is 5.92 Å². The van der Waals surface area contributed by atoms with E-state index in [9.17, 15) is 0 Å². The Kier molecular flexibility index (Phi) is 4.18. The number of aromatic nitrogens is 4. The molecule has 6 heteroatoms. The fraction of sp³-hybridized carbons (Fsp3) is 0.737. The SMILES string of the molecule is c1c2c(nn3c(C4CCN(CC5CCOCC5)CC4)nnc13)CCC2. The van der Waals surface area contributed by atoms with Gasteiger partial charge in [-0.3, -0.25) is 0 Å². The maximum atomic E-state index is 5.48. The molecule has 2 saturated heterocycles. The van der Waals surface area contributed by atoms with Crippen LogP contribution in [0.1, 0.15) is 55.1 Å². The van der Waals surface area contributed by atoms with E-state index in [4.69, 9.17) is 9.84 Å². The van der Waals surface area contributed by atoms with Crippen LogP contribution in [0.4, 0.5) is 0 Å². The van der Waals surface area contributed by atoms with Crippen molar-refractivity contribution in [2.24, 2.45) is 5.92 Å². The molecule has 6 nitrogen and oxygen atoms in total. The third-order valence-electron chi connectivity index (χ3n) is 6.25. The van der Waals surface area contributed by atoms with Crippen molar-refractivity contribution >= 4 is 5.65 Å². The van der Waals surface area contributed by atoms with Crippen molar-refractivity contribution in [3.8, 4) is 0 Å². The van der Waals surface area contributed by atoms with Crippen LogP contribution in [-0.4, -0.2) is 57.6 Å². The Labute approximate surface area is 148 Å². The molecule has 2 aromatic heterocycles. The predicted octanol–water partition coefficient (Wildman–Crippen LogP) is 2.22. The van der Waals surface area contributed by atoms with Gasteiger partial charge in [0.2, 0.25) is 0 Å². The summed E-state index contributed by atoms with van der Waals surface area (Å²) in [7, 11) is 0. The van der Waals surface area contributed by atoms with Gasteiger partial charge in [0.25, 0.3) is 0 Å². The second-order valence-corrected chi connectivity index (χ2v) is 7.93. The van der Waals surface area contributed by atoms with Crippen LogP contribution in [0.25, 0.3) is 5.65 Å². The average molecular weight is 341 g/mol. The van der Waals surface area contributed by atoms with Crippen LogP contribution in [0.5, 0.6) is 0 Å². The highest BCUT2D eigenvalue weighted by atomic mass is 16.5. The van der Waals surface area contributed by atoms with Crippen molar-refractivity contribution < 1.29 is 4.74 Å². The van der Waals surface area contributed by atoms with Crippen molar-refractivity contribution in [1.82, 2.24) is 24.7 Å². The standard InChI is InChI=1S/C19H27N5O/c1-2-16-12-18-20-21-19(24(18)22-17(16)3-1)15-4-8-23(9-5-15)13-14-6-10-25-11-7-14/h12,14-15H,1-11,13H2. The number of nitrogens with zero attached hydrogens (tertiary/aromatic N) is 5. The Morgan fingerprint density at radius 2 is 1.88 bits per heavy atom. The zero-order chi connectivity index (χ0) is 16.6. The fourth-order valence-corrected chi connectivity index (χ4v) is 4.72. The molecule has 4 heterocycles. The first-order valence-electron chi connectivity index (χ1n) is 9.91. The molecule has 0 aromatic carbocycles. The fourth-order valence-electron chi connectivity index (χ4n) is 4.72. The second kappa shape index (κ2) is 6.65. The smallest absolute Gasteiger partial charge is 0.178 e. The Morgan fingerprint density at radius 1 is 1.04 bits per heavy atom. The summed E-state index contributed by atoms with van der Waals surface area (Å²) < 4.78 is 7.51. The Morgan fingerprint density at radius 3 is 2.72 bits per heavy atom.